The van der Waals surface area contributed by atoms with E-state index in [0.29, 0.717) is 19.0 Å². The topological polar surface area (TPSA) is 38.8 Å². The minimum Gasteiger partial charge on any atom is -0.496 e. The zero-order chi connectivity index (χ0) is 19.6. The first-order valence-electron chi connectivity index (χ1n) is 9.91. The average molecular weight is 375 g/mol. The van der Waals surface area contributed by atoms with Gasteiger partial charge in [0.2, 0.25) is 5.91 Å². The molecule has 0 radical (unpaired) electrons. The maximum absolute atomic E-state index is 12.4. The number of ether oxygens (including phenoxy) is 2. The molecule has 0 aromatic heterocycles. The van der Waals surface area contributed by atoms with Crippen molar-refractivity contribution in [2.45, 2.75) is 45.7 Å². The molecule has 144 valence electrons. The van der Waals surface area contributed by atoms with Gasteiger partial charge >= 0.3 is 0 Å². The van der Waals surface area contributed by atoms with Crippen LogP contribution >= 0.6 is 0 Å². The number of fused-ring (bicyclic) bond motifs is 7. The number of methoxy groups -OCH3 is 2. The highest BCUT2D eigenvalue weighted by Gasteiger charge is 2.36. The fourth-order valence-corrected chi connectivity index (χ4v) is 5.13. The lowest BCUT2D eigenvalue weighted by Crippen LogP contribution is -2.38. The van der Waals surface area contributed by atoms with E-state index in [0.717, 1.165) is 35.5 Å². The third kappa shape index (κ3) is 2.33. The van der Waals surface area contributed by atoms with Crippen LogP contribution in [0.2, 0.25) is 0 Å². The number of rotatable bonds is 2. The van der Waals surface area contributed by atoms with Gasteiger partial charge in [0.25, 0.3) is 0 Å². The van der Waals surface area contributed by atoms with Crippen LogP contribution in [0.3, 0.4) is 0 Å². The monoisotopic (exact) mass is 375 g/mol. The van der Waals surface area contributed by atoms with Crippen molar-refractivity contribution in [3.8, 4) is 11.5 Å². The van der Waals surface area contributed by atoms with Crippen molar-refractivity contribution < 1.29 is 14.3 Å². The largest absolute Gasteiger partial charge is 0.496 e. The normalized spacial score (nSPS) is 18.5. The molecule has 2 aliphatic heterocycles. The Morgan fingerprint density at radius 1 is 0.857 bits per heavy atom. The van der Waals surface area contributed by atoms with Crippen molar-refractivity contribution in [2.75, 3.05) is 14.2 Å². The summed E-state index contributed by atoms with van der Waals surface area (Å²) in [6, 6.07) is 9.13. The smallest absolute Gasteiger partial charge is 0.223 e. The van der Waals surface area contributed by atoms with E-state index in [9.17, 15) is 4.79 Å². The van der Waals surface area contributed by atoms with Gasteiger partial charge in [0.1, 0.15) is 11.5 Å². The van der Waals surface area contributed by atoms with Crippen molar-refractivity contribution in [2.24, 2.45) is 0 Å². The summed E-state index contributed by atoms with van der Waals surface area (Å²) in [5.74, 6) is 2.10. The second-order valence-corrected chi connectivity index (χ2v) is 8.11. The van der Waals surface area contributed by atoms with E-state index in [-0.39, 0.29) is 5.91 Å². The molecule has 0 aliphatic carbocycles. The third-order valence-corrected chi connectivity index (χ3v) is 6.60. The highest BCUT2D eigenvalue weighted by molar-refractivity contribution is 6.12. The van der Waals surface area contributed by atoms with Gasteiger partial charge in [-0.3, -0.25) is 4.79 Å². The predicted octanol–water partition coefficient (Wildman–Crippen LogP) is 4.67. The maximum Gasteiger partial charge on any atom is 0.223 e. The molecule has 1 saturated heterocycles. The molecular formula is C24H25NO3. The average Bonchev–Trinajstić information content (AvgIpc) is 3.06. The zero-order valence-electron chi connectivity index (χ0n) is 16.9. The van der Waals surface area contributed by atoms with Crippen molar-refractivity contribution in [3.05, 3.63) is 46.5 Å². The summed E-state index contributed by atoms with van der Waals surface area (Å²) in [5, 5.41) is 4.94. The van der Waals surface area contributed by atoms with Gasteiger partial charge in [-0.15, -0.1) is 0 Å². The third-order valence-electron chi connectivity index (χ3n) is 6.60. The van der Waals surface area contributed by atoms with Crippen LogP contribution in [-0.2, 0) is 17.8 Å². The molecule has 4 heteroatoms. The Bertz CT molecular complexity index is 1150. The van der Waals surface area contributed by atoms with E-state index < -0.39 is 0 Å². The van der Waals surface area contributed by atoms with Crippen LogP contribution in [0, 0.1) is 13.8 Å². The number of carbonyl (C=O) groups excluding carboxylic acids is 1. The Labute approximate surface area is 165 Å². The zero-order valence-corrected chi connectivity index (χ0v) is 16.9. The molecule has 1 atom stereocenters. The number of amides is 1. The molecule has 3 aromatic rings. The lowest BCUT2D eigenvalue weighted by Gasteiger charge is -2.34. The molecule has 2 heterocycles. The second kappa shape index (κ2) is 6.13. The summed E-state index contributed by atoms with van der Waals surface area (Å²) in [6.07, 6.45) is 2.54. The number of hydrogen-bond donors (Lipinski definition) is 0. The molecule has 3 aromatic carbocycles. The van der Waals surface area contributed by atoms with E-state index in [1.54, 1.807) is 14.2 Å². The fraction of sp³-hybridized carbons (Fsp3) is 0.375. The van der Waals surface area contributed by atoms with Crippen LogP contribution in [0.1, 0.15) is 35.1 Å². The number of hydrogen-bond acceptors (Lipinski definition) is 3. The van der Waals surface area contributed by atoms with E-state index in [1.165, 1.54) is 32.7 Å². The molecule has 1 amide bonds. The summed E-state index contributed by atoms with van der Waals surface area (Å²) < 4.78 is 11.3. The van der Waals surface area contributed by atoms with Gasteiger partial charge in [0.15, 0.2) is 0 Å². The maximum atomic E-state index is 12.4. The van der Waals surface area contributed by atoms with Crippen molar-refractivity contribution >= 4 is 27.5 Å². The first kappa shape index (κ1) is 17.4. The van der Waals surface area contributed by atoms with Crippen molar-refractivity contribution in [1.29, 1.82) is 0 Å². The number of nitrogens with zero attached hydrogens (tertiary/aromatic N) is 1. The van der Waals surface area contributed by atoms with Gasteiger partial charge in [-0.25, -0.2) is 0 Å². The van der Waals surface area contributed by atoms with Crippen LogP contribution in [0.5, 0.6) is 11.5 Å². The summed E-state index contributed by atoms with van der Waals surface area (Å²) in [5.41, 5.74) is 4.88. The van der Waals surface area contributed by atoms with Crippen LogP contribution in [0.4, 0.5) is 0 Å². The summed E-state index contributed by atoms with van der Waals surface area (Å²) >= 11 is 0. The molecule has 5 rings (SSSR count). The van der Waals surface area contributed by atoms with Crippen LogP contribution < -0.4 is 9.47 Å². The minimum atomic E-state index is 0.282. The Kier molecular flexibility index (Phi) is 3.80. The molecule has 0 saturated carbocycles. The lowest BCUT2D eigenvalue weighted by atomic mass is 9.84. The molecule has 2 aliphatic rings. The van der Waals surface area contributed by atoms with Gasteiger partial charge in [0, 0.05) is 19.0 Å². The number of aryl methyl sites for hydroxylation is 2. The summed E-state index contributed by atoms with van der Waals surface area (Å²) in [7, 11) is 3.45. The Morgan fingerprint density at radius 3 is 2.00 bits per heavy atom. The summed E-state index contributed by atoms with van der Waals surface area (Å²) in [4.78, 5) is 14.5. The van der Waals surface area contributed by atoms with Gasteiger partial charge in [0.05, 0.1) is 14.2 Å². The van der Waals surface area contributed by atoms with Gasteiger partial charge < -0.3 is 14.4 Å². The predicted molar refractivity (Wildman–Crippen MR) is 111 cm³/mol. The molecule has 0 bridgehead atoms. The molecule has 4 nitrogen and oxygen atoms in total. The highest BCUT2D eigenvalue weighted by Crippen LogP contribution is 2.43. The molecule has 0 spiro atoms. The van der Waals surface area contributed by atoms with Crippen LogP contribution in [-0.4, -0.2) is 31.1 Å². The first-order chi connectivity index (χ1) is 13.5. The fourth-order valence-electron chi connectivity index (χ4n) is 5.13. The Balaban J connectivity index is 1.90. The standard InChI is InChI=1S/C24H25NO3/c1-13-7-16-17-8-14(2)23(28-4)11-20(17)21-12-25-15(5-6-24(25)26)9-18(21)19(16)10-22(13)27-3/h7-8,10-11,15H,5-6,9,12H2,1-4H3. The van der Waals surface area contributed by atoms with Crippen molar-refractivity contribution in [3.63, 3.8) is 0 Å². The van der Waals surface area contributed by atoms with E-state index >= 15 is 0 Å². The second-order valence-electron chi connectivity index (χ2n) is 8.11. The van der Waals surface area contributed by atoms with Crippen LogP contribution in [0.15, 0.2) is 24.3 Å². The molecule has 28 heavy (non-hydrogen) atoms. The minimum absolute atomic E-state index is 0.282. The highest BCUT2D eigenvalue weighted by atomic mass is 16.5. The summed E-state index contributed by atoms with van der Waals surface area (Å²) in [6.45, 7) is 4.87. The number of carbonyl (C=O) groups is 1. The quantitative estimate of drug-likeness (QED) is 0.611. The van der Waals surface area contributed by atoms with Gasteiger partial charge in [-0.05, 0) is 94.8 Å². The van der Waals surface area contributed by atoms with E-state index in [4.69, 9.17) is 9.47 Å². The van der Waals surface area contributed by atoms with Gasteiger partial charge in [-0.1, -0.05) is 0 Å². The SMILES string of the molecule is COc1cc2c3c(c4cc(OC)c(C)cc4c2cc1C)CN1C(=O)CCC1C3. The lowest BCUT2D eigenvalue weighted by molar-refractivity contribution is -0.129. The van der Waals surface area contributed by atoms with E-state index in [2.05, 4.69) is 43.0 Å². The van der Waals surface area contributed by atoms with Gasteiger partial charge in [-0.2, -0.15) is 0 Å². The molecule has 0 N–H and O–H groups in total. The Morgan fingerprint density at radius 2 is 1.43 bits per heavy atom. The molecular weight excluding hydrogens is 350 g/mol. The van der Waals surface area contributed by atoms with Crippen molar-refractivity contribution in [1.82, 2.24) is 4.90 Å². The van der Waals surface area contributed by atoms with Crippen LogP contribution in [0.25, 0.3) is 21.5 Å². The Hall–Kier alpha value is -2.75. The number of benzene rings is 3. The van der Waals surface area contributed by atoms with E-state index in [1.807, 2.05) is 0 Å². The first-order valence-corrected chi connectivity index (χ1v) is 9.91. The molecule has 1 fully saturated rings. The molecule has 1 unspecified atom stereocenters.